The van der Waals surface area contributed by atoms with Gasteiger partial charge in [-0.25, -0.2) is 4.79 Å². The summed E-state index contributed by atoms with van der Waals surface area (Å²) in [6, 6.07) is 11.7. The van der Waals surface area contributed by atoms with Crippen molar-refractivity contribution in [3.63, 3.8) is 0 Å². The Bertz CT molecular complexity index is 747. The van der Waals surface area contributed by atoms with Crippen LogP contribution in [0.3, 0.4) is 0 Å². The summed E-state index contributed by atoms with van der Waals surface area (Å²) in [4.78, 5) is 26.2. The highest BCUT2D eigenvalue weighted by Gasteiger charge is 2.26. The Morgan fingerprint density at radius 2 is 2.12 bits per heavy atom. The number of carbonyl (C=O) groups excluding carboxylic acids is 2. The van der Waals surface area contributed by atoms with Crippen LogP contribution in [0.15, 0.2) is 41.8 Å². The maximum absolute atomic E-state index is 12.2. The number of thiophene rings is 1. The second-order valence-electron chi connectivity index (χ2n) is 6.31. The minimum absolute atomic E-state index is 0.0545. The van der Waals surface area contributed by atoms with E-state index in [4.69, 9.17) is 4.74 Å². The van der Waals surface area contributed by atoms with Gasteiger partial charge in [-0.1, -0.05) is 18.2 Å². The standard InChI is InChI=1S/C19H23N3O3S/c1-14(23)21-16-7-8-22(11-16)19(24)20-10-18-9-15(13-26-18)12-25-17-5-3-2-4-6-17/h2-6,9,13,16H,7-8,10-12H2,1H3,(H,20,24)(H,21,23)/t16-/m0/s1. The molecule has 7 heteroatoms. The highest BCUT2D eigenvalue weighted by Crippen LogP contribution is 2.18. The molecule has 0 radical (unpaired) electrons. The lowest BCUT2D eigenvalue weighted by Gasteiger charge is -2.17. The molecule has 26 heavy (non-hydrogen) atoms. The molecular formula is C19H23N3O3S. The van der Waals surface area contributed by atoms with Crippen LogP contribution in [0.4, 0.5) is 4.79 Å². The number of hydrogen-bond acceptors (Lipinski definition) is 4. The number of benzene rings is 1. The minimum atomic E-state index is -0.0895. The monoisotopic (exact) mass is 373 g/mol. The molecule has 1 aromatic heterocycles. The number of nitrogens with one attached hydrogen (secondary N) is 2. The van der Waals surface area contributed by atoms with Crippen molar-refractivity contribution in [3.8, 4) is 5.75 Å². The largest absolute Gasteiger partial charge is 0.489 e. The molecule has 1 aliphatic rings. The van der Waals surface area contributed by atoms with Gasteiger partial charge in [0.2, 0.25) is 5.91 Å². The van der Waals surface area contributed by atoms with E-state index < -0.39 is 0 Å². The summed E-state index contributed by atoms with van der Waals surface area (Å²) in [7, 11) is 0. The van der Waals surface area contributed by atoms with Crippen LogP contribution in [-0.2, 0) is 17.9 Å². The molecule has 138 valence electrons. The fraction of sp³-hybridized carbons (Fsp3) is 0.368. The predicted molar refractivity (Wildman–Crippen MR) is 101 cm³/mol. The van der Waals surface area contributed by atoms with Crippen LogP contribution in [0.2, 0.25) is 0 Å². The van der Waals surface area contributed by atoms with Crippen molar-refractivity contribution in [2.75, 3.05) is 13.1 Å². The van der Waals surface area contributed by atoms with E-state index in [0.29, 0.717) is 26.2 Å². The Morgan fingerprint density at radius 3 is 2.88 bits per heavy atom. The summed E-state index contributed by atoms with van der Waals surface area (Å²) < 4.78 is 5.73. The van der Waals surface area contributed by atoms with Crippen LogP contribution in [0, 0.1) is 0 Å². The summed E-state index contributed by atoms with van der Waals surface area (Å²) in [5.74, 6) is 0.789. The molecule has 1 atom stereocenters. The zero-order chi connectivity index (χ0) is 18.4. The molecule has 6 nitrogen and oxygen atoms in total. The minimum Gasteiger partial charge on any atom is -0.489 e. The zero-order valence-corrected chi connectivity index (χ0v) is 15.6. The van der Waals surface area contributed by atoms with Gasteiger partial charge in [0, 0.05) is 36.5 Å². The van der Waals surface area contributed by atoms with Crippen molar-refractivity contribution in [1.82, 2.24) is 15.5 Å². The molecule has 0 aliphatic carbocycles. The summed E-state index contributed by atoms with van der Waals surface area (Å²) in [6.07, 6.45) is 0.799. The summed E-state index contributed by atoms with van der Waals surface area (Å²) in [6.45, 7) is 3.73. The Hall–Kier alpha value is -2.54. The van der Waals surface area contributed by atoms with E-state index in [1.807, 2.05) is 35.7 Å². The third-order valence-corrected chi connectivity index (χ3v) is 5.14. The first-order valence-electron chi connectivity index (χ1n) is 8.64. The van der Waals surface area contributed by atoms with Crippen LogP contribution < -0.4 is 15.4 Å². The van der Waals surface area contributed by atoms with Crippen LogP contribution in [-0.4, -0.2) is 36.0 Å². The lowest BCUT2D eigenvalue weighted by atomic mass is 10.3. The van der Waals surface area contributed by atoms with Gasteiger partial charge in [-0.3, -0.25) is 4.79 Å². The molecule has 0 unspecified atom stereocenters. The Kier molecular flexibility index (Phi) is 6.12. The number of ether oxygens (including phenoxy) is 1. The number of amides is 3. The molecule has 3 rings (SSSR count). The average molecular weight is 373 g/mol. The first kappa shape index (κ1) is 18.3. The second-order valence-corrected chi connectivity index (χ2v) is 7.31. The van der Waals surface area contributed by atoms with Gasteiger partial charge in [-0.05, 0) is 30.0 Å². The topological polar surface area (TPSA) is 70.7 Å². The maximum atomic E-state index is 12.2. The van der Waals surface area contributed by atoms with Gasteiger partial charge in [-0.2, -0.15) is 0 Å². The van der Waals surface area contributed by atoms with Crippen molar-refractivity contribution in [2.24, 2.45) is 0 Å². The number of urea groups is 1. The maximum Gasteiger partial charge on any atom is 0.317 e. The van der Waals surface area contributed by atoms with E-state index in [-0.39, 0.29) is 18.0 Å². The number of rotatable bonds is 6. The van der Waals surface area contributed by atoms with E-state index >= 15 is 0 Å². The number of para-hydroxylation sites is 1. The lowest BCUT2D eigenvalue weighted by molar-refractivity contribution is -0.119. The average Bonchev–Trinajstić information content (AvgIpc) is 3.28. The van der Waals surface area contributed by atoms with E-state index in [9.17, 15) is 9.59 Å². The van der Waals surface area contributed by atoms with Gasteiger partial charge < -0.3 is 20.3 Å². The molecule has 1 aromatic carbocycles. The SMILES string of the molecule is CC(=O)N[C@H]1CCN(C(=O)NCc2cc(COc3ccccc3)cs2)C1. The van der Waals surface area contributed by atoms with E-state index in [0.717, 1.165) is 22.6 Å². The van der Waals surface area contributed by atoms with Crippen molar-refractivity contribution >= 4 is 23.3 Å². The molecule has 0 saturated carbocycles. The van der Waals surface area contributed by atoms with Gasteiger partial charge >= 0.3 is 6.03 Å². The molecule has 3 amide bonds. The summed E-state index contributed by atoms with van der Waals surface area (Å²) in [5, 5.41) is 7.85. The van der Waals surface area contributed by atoms with Crippen molar-refractivity contribution in [3.05, 3.63) is 52.2 Å². The third kappa shape index (κ3) is 5.23. The fourth-order valence-corrected chi connectivity index (χ4v) is 3.72. The van der Waals surface area contributed by atoms with E-state index in [1.54, 1.807) is 16.2 Å². The molecule has 1 saturated heterocycles. The lowest BCUT2D eigenvalue weighted by Crippen LogP contribution is -2.41. The highest BCUT2D eigenvalue weighted by atomic mass is 32.1. The predicted octanol–water partition coefficient (Wildman–Crippen LogP) is 2.75. The van der Waals surface area contributed by atoms with Gasteiger partial charge in [0.15, 0.2) is 0 Å². The fourth-order valence-electron chi connectivity index (χ4n) is 2.90. The quantitative estimate of drug-likeness (QED) is 0.818. The molecule has 1 fully saturated rings. The van der Waals surface area contributed by atoms with Crippen LogP contribution in [0.5, 0.6) is 5.75 Å². The van der Waals surface area contributed by atoms with Crippen molar-refractivity contribution < 1.29 is 14.3 Å². The van der Waals surface area contributed by atoms with Crippen LogP contribution in [0.25, 0.3) is 0 Å². The first-order valence-corrected chi connectivity index (χ1v) is 9.52. The smallest absolute Gasteiger partial charge is 0.317 e. The number of nitrogens with zero attached hydrogens (tertiary/aromatic N) is 1. The summed E-state index contributed by atoms with van der Waals surface area (Å²) in [5.41, 5.74) is 1.09. The van der Waals surface area contributed by atoms with Crippen LogP contribution in [0.1, 0.15) is 23.8 Å². The summed E-state index contributed by atoms with van der Waals surface area (Å²) >= 11 is 1.61. The first-order chi connectivity index (χ1) is 12.6. The number of carbonyl (C=O) groups is 2. The molecular weight excluding hydrogens is 350 g/mol. The van der Waals surface area contributed by atoms with Gasteiger partial charge in [0.25, 0.3) is 0 Å². The Labute approximate surface area is 157 Å². The van der Waals surface area contributed by atoms with Crippen molar-refractivity contribution in [2.45, 2.75) is 32.5 Å². The zero-order valence-electron chi connectivity index (χ0n) is 14.7. The molecule has 2 aromatic rings. The van der Waals surface area contributed by atoms with Gasteiger partial charge in [-0.15, -0.1) is 11.3 Å². The normalized spacial score (nSPS) is 16.3. The molecule has 0 spiro atoms. The van der Waals surface area contributed by atoms with Crippen LogP contribution >= 0.6 is 11.3 Å². The molecule has 1 aliphatic heterocycles. The Morgan fingerprint density at radius 1 is 1.31 bits per heavy atom. The third-order valence-electron chi connectivity index (χ3n) is 4.15. The van der Waals surface area contributed by atoms with Gasteiger partial charge in [0.05, 0.1) is 6.54 Å². The molecule has 2 N–H and O–H groups in total. The van der Waals surface area contributed by atoms with E-state index in [2.05, 4.69) is 16.7 Å². The van der Waals surface area contributed by atoms with Crippen molar-refractivity contribution in [1.29, 1.82) is 0 Å². The second kappa shape index (κ2) is 8.71. The molecule has 0 bridgehead atoms. The number of hydrogen-bond donors (Lipinski definition) is 2. The number of likely N-dealkylation sites (tertiary alicyclic amines) is 1. The van der Waals surface area contributed by atoms with E-state index in [1.165, 1.54) is 6.92 Å². The highest BCUT2D eigenvalue weighted by molar-refractivity contribution is 7.10. The Balaban J connectivity index is 1.42. The molecule has 2 heterocycles. The van der Waals surface area contributed by atoms with Gasteiger partial charge in [0.1, 0.15) is 12.4 Å².